The van der Waals surface area contributed by atoms with Crippen LogP contribution in [0.1, 0.15) is 15.9 Å². The standard InChI is InChI=1S/C24H19FN4O/c25-21-11-9-18(10-12-21)20-15-27-24(28-16-20)29-22-8-4-7-19(13-22)23(30)26-14-17-5-2-1-3-6-17/h1-13,15-16H,14H2,(H,26,30)(H,27,28,29). The fourth-order valence-electron chi connectivity index (χ4n) is 2.93. The molecule has 0 saturated heterocycles. The molecule has 30 heavy (non-hydrogen) atoms. The molecule has 0 aliphatic rings. The van der Waals surface area contributed by atoms with Gasteiger partial charge in [0.05, 0.1) is 0 Å². The second-order valence-corrected chi connectivity index (χ2v) is 6.68. The Hall–Kier alpha value is -4.06. The number of amides is 1. The first kappa shape index (κ1) is 19.3. The molecule has 4 aromatic rings. The highest BCUT2D eigenvalue weighted by Crippen LogP contribution is 2.20. The normalized spacial score (nSPS) is 10.4. The summed E-state index contributed by atoms with van der Waals surface area (Å²) in [6, 6.07) is 23.0. The van der Waals surface area contributed by atoms with E-state index in [0.717, 1.165) is 16.7 Å². The number of nitrogens with zero attached hydrogens (tertiary/aromatic N) is 2. The van der Waals surface area contributed by atoms with E-state index in [2.05, 4.69) is 20.6 Å². The highest BCUT2D eigenvalue weighted by atomic mass is 19.1. The van der Waals surface area contributed by atoms with Gasteiger partial charge in [-0.25, -0.2) is 14.4 Å². The highest BCUT2D eigenvalue weighted by Gasteiger charge is 2.07. The van der Waals surface area contributed by atoms with E-state index in [0.29, 0.717) is 23.7 Å². The second-order valence-electron chi connectivity index (χ2n) is 6.68. The van der Waals surface area contributed by atoms with Crippen molar-refractivity contribution in [3.05, 3.63) is 108 Å². The average Bonchev–Trinajstić information content (AvgIpc) is 2.79. The monoisotopic (exact) mass is 398 g/mol. The fourth-order valence-corrected chi connectivity index (χ4v) is 2.93. The molecular formula is C24H19FN4O. The smallest absolute Gasteiger partial charge is 0.251 e. The number of aromatic nitrogens is 2. The number of carbonyl (C=O) groups is 1. The van der Waals surface area contributed by atoms with Crippen LogP contribution in [0.4, 0.5) is 16.0 Å². The molecule has 0 bridgehead atoms. The third-order valence-corrected chi connectivity index (χ3v) is 4.51. The van der Waals surface area contributed by atoms with Gasteiger partial charge in [0.25, 0.3) is 5.91 Å². The number of nitrogens with one attached hydrogen (secondary N) is 2. The molecular weight excluding hydrogens is 379 g/mol. The van der Waals surface area contributed by atoms with Crippen LogP contribution in [0.5, 0.6) is 0 Å². The summed E-state index contributed by atoms with van der Waals surface area (Å²) in [7, 11) is 0. The zero-order valence-corrected chi connectivity index (χ0v) is 16.0. The van der Waals surface area contributed by atoms with E-state index in [4.69, 9.17) is 0 Å². The molecule has 2 N–H and O–H groups in total. The van der Waals surface area contributed by atoms with Gasteiger partial charge in [-0.1, -0.05) is 48.5 Å². The van der Waals surface area contributed by atoms with Crippen molar-refractivity contribution < 1.29 is 9.18 Å². The molecule has 0 aliphatic heterocycles. The van der Waals surface area contributed by atoms with E-state index in [1.165, 1.54) is 12.1 Å². The summed E-state index contributed by atoms with van der Waals surface area (Å²) >= 11 is 0. The Morgan fingerprint density at radius 1 is 0.833 bits per heavy atom. The second kappa shape index (κ2) is 8.96. The minimum absolute atomic E-state index is 0.157. The van der Waals surface area contributed by atoms with Crippen LogP contribution in [0.15, 0.2) is 91.3 Å². The molecule has 3 aromatic carbocycles. The molecule has 148 valence electrons. The van der Waals surface area contributed by atoms with Gasteiger partial charge < -0.3 is 10.6 Å². The van der Waals surface area contributed by atoms with E-state index in [-0.39, 0.29) is 11.7 Å². The van der Waals surface area contributed by atoms with E-state index >= 15 is 0 Å². The highest BCUT2D eigenvalue weighted by molar-refractivity contribution is 5.95. The molecule has 5 nitrogen and oxygen atoms in total. The van der Waals surface area contributed by atoms with Crippen molar-refractivity contribution in [2.45, 2.75) is 6.54 Å². The van der Waals surface area contributed by atoms with Gasteiger partial charge in [-0.05, 0) is 41.5 Å². The first-order chi connectivity index (χ1) is 14.7. The number of rotatable bonds is 6. The summed E-state index contributed by atoms with van der Waals surface area (Å²) in [5.74, 6) is -0.0385. The minimum atomic E-state index is -0.286. The summed E-state index contributed by atoms with van der Waals surface area (Å²) in [6.45, 7) is 0.464. The quantitative estimate of drug-likeness (QED) is 0.482. The Morgan fingerprint density at radius 2 is 1.57 bits per heavy atom. The fraction of sp³-hybridized carbons (Fsp3) is 0.0417. The molecule has 0 fully saturated rings. The van der Waals surface area contributed by atoms with Crippen molar-refractivity contribution in [3.63, 3.8) is 0 Å². The molecule has 0 aliphatic carbocycles. The number of anilines is 2. The lowest BCUT2D eigenvalue weighted by atomic mass is 10.1. The van der Waals surface area contributed by atoms with Crippen LogP contribution in [0.3, 0.4) is 0 Å². The maximum Gasteiger partial charge on any atom is 0.251 e. The summed E-state index contributed by atoms with van der Waals surface area (Å²) in [6.07, 6.45) is 3.33. The SMILES string of the molecule is O=C(NCc1ccccc1)c1cccc(Nc2ncc(-c3ccc(F)cc3)cn2)c1. The van der Waals surface area contributed by atoms with Crippen LogP contribution >= 0.6 is 0 Å². The Labute approximate surface area is 173 Å². The summed E-state index contributed by atoms with van der Waals surface area (Å²) in [5.41, 5.74) is 3.90. The predicted octanol–water partition coefficient (Wildman–Crippen LogP) is 4.96. The number of carbonyl (C=O) groups excluding carboxylic acids is 1. The molecule has 0 saturated carbocycles. The minimum Gasteiger partial charge on any atom is -0.348 e. The molecule has 1 amide bonds. The van der Waals surface area contributed by atoms with Gasteiger partial charge in [0.1, 0.15) is 5.82 Å². The lowest BCUT2D eigenvalue weighted by molar-refractivity contribution is 0.0951. The lowest BCUT2D eigenvalue weighted by Gasteiger charge is -2.09. The van der Waals surface area contributed by atoms with Gasteiger partial charge in [0.15, 0.2) is 0 Å². The predicted molar refractivity (Wildman–Crippen MR) is 115 cm³/mol. The zero-order valence-electron chi connectivity index (χ0n) is 16.0. The van der Waals surface area contributed by atoms with Crippen LogP contribution in [0, 0.1) is 5.82 Å². The summed E-state index contributed by atoms with van der Waals surface area (Å²) < 4.78 is 13.1. The molecule has 6 heteroatoms. The number of hydrogen-bond donors (Lipinski definition) is 2. The first-order valence-corrected chi connectivity index (χ1v) is 9.44. The zero-order chi connectivity index (χ0) is 20.8. The number of hydrogen-bond acceptors (Lipinski definition) is 4. The van der Waals surface area contributed by atoms with E-state index in [9.17, 15) is 9.18 Å². The molecule has 4 rings (SSSR count). The van der Waals surface area contributed by atoms with Crippen LogP contribution in [0.2, 0.25) is 0 Å². The van der Waals surface area contributed by atoms with Gasteiger partial charge in [-0.3, -0.25) is 4.79 Å². The van der Waals surface area contributed by atoms with Gasteiger partial charge in [-0.2, -0.15) is 0 Å². The Balaban J connectivity index is 1.41. The van der Waals surface area contributed by atoms with Gasteiger partial charge in [0, 0.05) is 35.8 Å². The topological polar surface area (TPSA) is 66.9 Å². The Kier molecular flexibility index (Phi) is 5.75. The van der Waals surface area contributed by atoms with Crippen LogP contribution < -0.4 is 10.6 Å². The van der Waals surface area contributed by atoms with E-state index in [1.54, 1.807) is 42.7 Å². The molecule has 0 spiro atoms. The summed E-state index contributed by atoms with van der Waals surface area (Å²) in [5, 5.41) is 6.01. The molecule has 1 heterocycles. The van der Waals surface area contributed by atoms with Gasteiger partial charge >= 0.3 is 0 Å². The van der Waals surface area contributed by atoms with Crippen LogP contribution in [-0.4, -0.2) is 15.9 Å². The third-order valence-electron chi connectivity index (χ3n) is 4.51. The van der Waals surface area contributed by atoms with Crippen LogP contribution in [0.25, 0.3) is 11.1 Å². The van der Waals surface area contributed by atoms with Crippen molar-refractivity contribution in [2.75, 3.05) is 5.32 Å². The largest absolute Gasteiger partial charge is 0.348 e. The van der Waals surface area contributed by atoms with E-state index < -0.39 is 0 Å². The number of halogens is 1. The Bertz CT molecular complexity index is 1130. The van der Waals surface area contributed by atoms with Crippen LogP contribution in [-0.2, 0) is 6.54 Å². The lowest BCUT2D eigenvalue weighted by Crippen LogP contribution is -2.22. The van der Waals surface area contributed by atoms with Gasteiger partial charge in [-0.15, -0.1) is 0 Å². The van der Waals surface area contributed by atoms with Crippen molar-refractivity contribution in [1.82, 2.24) is 15.3 Å². The maximum atomic E-state index is 13.1. The molecule has 0 atom stereocenters. The third kappa shape index (κ3) is 4.86. The molecule has 0 unspecified atom stereocenters. The van der Waals surface area contributed by atoms with Crippen molar-refractivity contribution in [3.8, 4) is 11.1 Å². The Morgan fingerprint density at radius 3 is 2.30 bits per heavy atom. The summed E-state index contributed by atoms with van der Waals surface area (Å²) in [4.78, 5) is 21.1. The van der Waals surface area contributed by atoms with Crippen molar-refractivity contribution in [1.29, 1.82) is 0 Å². The maximum absolute atomic E-state index is 13.1. The van der Waals surface area contributed by atoms with E-state index in [1.807, 2.05) is 36.4 Å². The average molecular weight is 398 g/mol. The first-order valence-electron chi connectivity index (χ1n) is 9.44. The van der Waals surface area contributed by atoms with Crippen molar-refractivity contribution in [2.24, 2.45) is 0 Å². The van der Waals surface area contributed by atoms with Gasteiger partial charge in [0.2, 0.25) is 5.95 Å². The number of benzene rings is 3. The van der Waals surface area contributed by atoms with Crippen molar-refractivity contribution >= 4 is 17.5 Å². The molecule has 0 radical (unpaired) electrons. The molecule has 1 aromatic heterocycles.